The van der Waals surface area contributed by atoms with Crippen molar-refractivity contribution in [1.82, 2.24) is 5.32 Å². The van der Waals surface area contributed by atoms with Gasteiger partial charge in [-0.25, -0.2) is 4.79 Å². The van der Waals surface area contributed by atoms with Crippen molar-refractivity contribution in [2.75, 3.05) is 37.6 Å². The first-order valence-corrected chi connectivity index (χ1v) is 7.02. The molecule has 0 radical (unpaired) electrons. The maximum absolute atomic E-state index is 11.5. The molecule has 7 nitrogen and oxygen atoms in total. The zero-order valence-corrected chi connectivity index (χ0v) is 13.7. The van der Waals surface area contributed by atoms with Gasteiger partial charge in [-0.1, -0.05) is 0 Å². The van der Waals surface area contributed by atoms with Crippen molar-refractivity contribution in [3.8, 4) is 5.75 Å². The van der Waals surface area contributed by atoms with Crippen molar-refractivity contribution in [2.24, 2.45) is 0 Å². The Morgan fingerprint density at radius 3 is 2.55 bits per heavy atom. The largest absolute Gasteiger partial charge is 0.758 e. The van der Waals surface area contributed by atoms with E-state index in [2.05, 4.69) is 10.6 Å². The Morgan fingerprint density at radius 1 is 1.32 bits per heavy atom. The number of nitrogens with one attached hydrogen (secondary N) is 2. The molecule has 0 fully saturated rings. The number of benzene rings is 1. The zero-order chi connectivity index (χ0) is 16.8. The molecule has 0 heterocycles. The molecule has 124 valence electrons. The number of ether oxygens (including phenoxy) is 2. The van der Waals surface area contributed by atoms with Crippen molar-refractivity contribution in [3.63, 3.8) is 0 Å². The van der Waals surface area contributed by atoms with Crippen LogP contribution in [0.15, 0.2) is 18.2 Å². The molecule has 0 spiro atoms. The maximum Gasteiger partial charge on any atom is 0.407 e. The molecule has 1 aromatic carbocycles. The summed E-state index contributed by atoms with van der Waals surface area (Å²) in [5.41, 5.74) is 0.615. The highest BCUT2D eigenvalue weighted by Gasteiger charge is 2.15. The molecule has 0 aromatic heterocycles. The van der Waals surface area contributed by atoms with Crippen LogP contribution in [0.2, 0.25) is 0 Å². The number of carbonyl (C=O) groups excluding carboxylic acids is 1. The molecule has 0 saturated heterocycles. The lowest BCUT2D eigenvalue weighted by Gasteiger charge is -2.28. The van der Waals surface area contributed by atoms with Crippen LogP contribution in [0.25, 0.3) is 0 Å². The van der Waals surface area contributed by atoms with Crippen LogP contribution in [0.3, 0.4) is 0 Å². The molecule has 1 rings (SSSR count). The van der Waals surface area contributed by atoms with E-state index in [0.717, 1.165) is 5.06 Å². The standard InChI is InChI=1S/C15H24N3O4/c1-15(2,3)22-14(19)17-9-8-16-12-10-11(21-5)6-7-13(12)18(4)20/h6-7,10,16H,8-9H2,1-5H3,(H,17,19)/q-1. The summed E-state index contributed by atoms with van der Waals surface area (Å²) < 4.78 is 10.3. The van der Waals surface area contributed by atoms with Crippen LogP contribution in [0.5, 0.6) is 5.75 Å². The van der Waals surface area contributed by atoms with Gasteiger partial charge in [0, 0.05) is 24.8 Å². The number of hydrogen-bond acceptors (Lipinski definition) is 6. The molecule has 0 aliphatic heterocycles. The van der Waals surface area contributed by atoms with Crippen LogP contribution < -0.4 is 20.4 Å². The summed E-state index contributed by atoms with van der Waals surface area (Å²) in [4.78, 5) is 11.5. The van der Waals surface area contributed by atoms with E-state index in [0.29, 0.717) is 30.2 Å². The predicted octanol–water partition coefficient (Wildman–Crippen LogP) is 2.57. The van der Waals surface area contributed by atoms with Crippen LogP contribution in [-0.4, -0.2) is 38.9 Å². The zero-order valence-electron chi connectivity index (χ0n) is 13.7. The summed E-state index contributed by atoms with van der Waals surface area (Å²) in [7, 11) is 2.98. The lowest BCUT2D eigenvalue weighted by molar-refractivity contribution is 0.0530. The minimum absolute atomic E-state index is 0.369. The molecule has 1 aromatic rings. The van der Waals surface area contributed by atoms with E-state index in [1.807, 2.05) is 0 Å². The smallest absolute Gasteiger partial charge is 0.407 e. The minimum atomic E-state index is -0.525. The van der Waals surface area contributed by atoms with Crippen molar-refractivity contribution in [1.29, 1.82) is 0 Å². The maximum atomic E-state index is 11.5. The third-order valence-corrected chi connectivity index (χ3v) is 2.65. The normalized spacial score (nSPS) is 10.8. The monoisotopic (exact) mass is 310 g/mol. The molecular formula is C15H24N3O4-. The highest BCUT2D eigenvalue weighted by molar-refractivity contribution is 5.72. The number of alkyl carbamates (subject to hydrolysis) is 1. The third kappa shape index (κ3) is 6.09. The first kappa shape index (κ1) is 17.9. The molecule has 7 heteroatoms. The molecule has 0 unspecified atom stereocenters. The molecule has 0 aliphatic rings. The summed E-state index contributed by atoms with van der Waals surface area (Å²) >= 11 is 0. The van der Waals surface area contributed by atoms with Gasteiger partial charge in [-0.3, -0.25) is 0 Å². The van der Waals surface area contributed by atoms with Gasteiger partial charge in [0.1, 0.15) is 11.4 Å². The van der Waals surface area contributed by atoms with E-state index in [-0.39, 0.29) is 0 Å². The fourth-order valence-corrected chi connectivity index (χ4v) is 1.73. The molecule has 22 heavy (non-hydrogen) atoms. The number of nitrogens with zero attached hydrogens (tertiary/aromatic N) is 1. The molecular weight excluding hydrogens is 286 g/mol. The van der Waals surface area contributed by atoms with E-state index in [1.165, 1.54) is 7.05 Å². The minimum Gasteiger partial charge on any atom is -0.758 e. The molecule has 0 bridgehead atoms. The van der Waals surface area contributed by atoms with E-state index in [4.69, 9.17) is 9.47 Å². The van der Waals surface area contributed by atoms with Crippen LogP contribution >= 0.6 is 0 Å². The Bertz CT molecular complexity index is 498. The van der Waals surface area contributed by atoms with Crippen molar-refractivity contribution in [2.45, 2.75) is 26.4 Å². The molecule has 0 saturated carbocycles. The van der Waals surface area contributed by atoms with Gasteiger partial charge < -0.3 is 30.4 Å². The van der Waals surface area contributed by atoms with E-state index in [9.17, 15) is 10.0 Å². The Labute approximate surface area is 131 Å². The van der Waals surface area contributed by atoms with Crippen molar-refractivity contribution in [3.05, 3.63) is 23.4 Å². The quantitative estimate of drug-likeness (QED) is 0.620. The first-order valence-electron chi connectivity index (χ1n) is 7.02. The topological polar surface area (TPSA) is 85.9 Å². The molecule has 0 aliphatic carbocycles. The van der Waals surface area contributed by atoms with Gasteiger partial charge >= 0.3 is 6.09 Å². The third-order valence-electron chi connectivity index (χ3n) is 2.65. The number of carbonyl (C=O) groups is 1. The average Bonchev–Trinajstić information content (AvgIpc) is 2.41. The highest BCUT2D eigenvalue weighted by Crippen LogP contribution is 2.28. The van der Waals surface area contributed by atoms with Crippen LogP contribution in [0.1, 0.15) is 20.8 Å². The average molecular weight is 310 g/mol. The second-order valence-electron chi connectivity index (χ2n) is 5.74. The van der Waals surface area contributed by atoms with Crippen molar-refractivity contribution >= 4 is 17.5 Å². The lowest BCUT2D eigenvalue weighted by Crippen LogP contribution is -2.35. The van der Waals surface area contributed by atoms with E-state index < -0.39 is 11.7 Å². The van der Waals surface area contributed by atoms with Crippen LogP contribution in [0, 0.1) is 5.21 Å². The van der Waals surface area contributed by atoms with Gasteiger partial charge in [0.15, 0.2) is 0 Å². The summed E-state index contributed by atoms with van der Waals surface area (Å²) in [6, 6.07) is 5.13. The van der Waals surface area contributed by atoms with Gasteiger partial charge in [0.25, 0.3) is 0 Å². The Morgan fingerprint density at radius 2 is 2.00 bits per heavy atom. The molecule has 0 atom stereocenters. The molecule has 2 N–H and O–H groups in total. The number of methoxy groups -OCH3 is 1. The van der Waals surface area contributed by atoms with Gasteiger partial charge in [0.05, 0.1) is 12.8 Å². The second kappa shape index (κ2) is 7.74. The van der Waals surface area contributed by atoms with E-state index >= 15 is 0 Å². The SMILES string of the molecule is COc1ccc(N(C)[O-])c(NCCNC(=O)OC(C)(C)C)c1. The fourth-order valence-electron chi connectivity index (χ4n) is 1.73. The number of hydroxylamine groups is 1. The first-order chi connectivity index (χ1) is 10.2. The van der Waals surface area contributed by atoms with Gasteiger partial charge in [0.2, 0.25) is 0 Å². The predicted molar refractivity (Wildman–Crippen MR) is 87.5 cm³/mol. The lowest BCUT2D eigenvalue weighted by atomic mass is 10.2. The van der Waals surface area contributed by atoms with E-state index in [1.54, 1.807) is 46.1 Å². The number of anilines is 2. The number of rotatable bonds is 6. The summed E-state index contributed by atoms with van der Waals surface area (Å²) in [5, 5.41) is 18.0. The van der Waals surface area contributed by atoms with Gasteiger partial charge in [-0.2, -0.15) is 0 Å². The van der Waals surface area contributed by atoms with Crippen LogP contribution in [-0.2, 0) is 4.74 Å². The molecule has 1 amide bonds. The van der Waals surface area contributed by atoms with Gasteiger partial charge in [-0.15, -0.1) is 0 Å². The van der Waals surface area contributed by atoms with Crippen molar-refractivity contribution < 1.29 is 14.3 Å². The Hall–Kier alpha value is -2.15. The summed E-state index contributed by atoms with van der Waals surface area (Å²) in [6.07, 6.45) is -0.471. The summed E-state index contributed by atoms with van der Waals surface area (Å²) in [5.74, 6) is 0.646. The highest BCUT2D eigenvalue weighted by atomic mass is 16.6. The number of amides is 1. The Balaban J connectivity index is 2.52. The van der Waals surface area contributed by atoms with Crippen LogP contribution in [0.4, 0.5) is 16.2 Å². The summed E-state index contributed by atoms with van der Waals surface area (Å²) in [6.45, 7) is 6.23. The fraction of sp³-hybridized carbons (Fsp3) is 0.533. The van der Waals surface area contributed by atoms with Gasteiger partial charge in [-0.05, 0) is 40.0 Å². The second-order valence-corrected chi connectivity index (χ2v) is 5.74. The number of hydrogen-bond donors (Lipinski definition) is 2. The Kier molecular flexibility index (Phi) is 6.30.